The van der Waals surface area contributed by atoms with Gasteiger partial charge in [-0.2, -0.15) is 13.2 Å². The molecule has 0 saturated carbocycles. The predicted octanol–water partition coefficient (Wildman–Crippen LogP) is 2.16. The van der Waals surface area contributed by atoms with E-state index in [0.717, 1.165) is 12.4 Å². The molecule has 6 N–H and O–H groups in total. The van der Waals surface area contributed by atoms with Crippen LogP contribution in [0, 0.1) is 0 Å². The highest BCUT2D eigenvalue weighted by Crippen LogP contribution is 2.34. The van der Waals surface area contributed by atoms with Crippen molar-refractivity contribution in [2.75, 3.05) is 16.5 Å². The lowest BCUT2D eigenvalue weighted by Crippen LogP contribution is -2.13. The first-order chi connectivity index (χ1) is 9.82. The Labute approximate surface area is 121 Å². The van der Waals surface area contributed by atoms with Crippen molar-refractivity contribution in [3.8, 4) is 0 Å². The second kappa shape index (κ2) is 5.58. The standard InChI is InChI=1S/C10H9ClF3N7/c11-5-1-4(10(12,13)14)2-17-7(5)20-8-6(15)9(21-16)19-3-18-8/h1-3H,15-16H2,(H2,17,18,19,20,21). The zero-order valence-corrected chi connectivity index (χ0v) is 11.0. The molecule has 0 aliphatic carbocycles. The normalized spacial score (nSPS) is 11.3. The number of rotatable bonds is 3. The third-order valence-corrected chi connectivity index (χ3v) is 2.71. The average molecular weight is 320 g/mol. The summed E-state index contributed by atoms with van der Waals surface area (Å²) >= 11 is 5.76. The maximum atomic E-state index is 12.5. The molecule has 0 spiro atoms. The lowest BCUT2D eigenvalue weighted by Gasteiger charge is -2.12. The van der Waals surface area contributed by atoms with Gasteiger partial charge in [0.05, 0.1) is 10.6 Å². The molecule has 21 heavy (non-hydrogen) atoms. The van der Waals surface area contributed by atoms with Gasteiger partial charge in [-0.25, -0.2) is 20.8 Å². The number of nitrogens with one attached hydrogen (secondary N) is 2. The van der Waals surface area contributed by atoms with Crippen molar-refractivity contribution in [3.63, 3.8) is 0 Å². The van der Waals surface area contributed by atoms with Crippen molar-refractivity contribution >= 4 is 34.7 Å². The topological polar surface area (TPSA) is 115 Å². The molecule has 112 valence electrons. The van der Waals surface area contributed by atoms with Gasteiger partial charge in [0.25, 0.3) is 0 Å². The van der Waals surface area contributed by atoms with Crippen LogP contribution in [0.25, 0.3) is 0 Å². The summed E-state index contributed by atoms with van der Waals surface area (Å²) in [5.74, 6) is 5.42. The van der Waals surface area contributed by atoms with Gasteiger partial charge in [0.15, 0.2) is 11.6 Å². The fourth-order valence-corrected chi connectivity index (χ4v) is 1.62. The van der Waals surface area contributed by atoms with E-state index in [2.05, 4.69) is 25.7 Å². The second-order valence-corrected chi connectivity index (χ2v) is 4.21. The Morgan fingerprint density at radius 1 is 1.10 bits per heavy atom. The Hall–Kier alpha value is -2.33. The molecule has 7 nitrogen and oxygen atoms in total. The second-order valence-electron chi connectivity index (χ2n) is 3.81. The minimum Gasteiger partial charge on any atom is -0.393 e. The van der Waals surface area contributed by atoms with Crippen LogP contribution < -0.4 is 22.3 Å². The number of nitrogens with zero attached hydrogens (tertiary/aromatic N) is 3. The van der Waals surface area contributed by atoms with Crippen molar-refractivity contribution in [2.45, 2.75) is 6.18 Å². The van der Waals surface area contributed by atoms with Crippen LogP contribution in [0.4, 0.5) is 36.3 Å². The van der Waals surface area contributed by atoms with Gasteiger partial charge in [0.1, 0.15) is 17.8 Å². The van der Waals surface area contributed by atoms with Crippen LogP contribution in [0.15, 0.2) is 18.6 Å². The zero-order valence-electron chi connectivity index (χ0n) is 10.2. The van der Waals surface area contributed by atoms with E-state index in [4.69, 9.17) is 23.2 Å². The maximum absolute atomic E-state index is 12.5. The van der Waals surface area contributed by atoms with Crippen LogP contribution in [0.5, 0.6) is 0 Å². The largest absolute Gasteiger partial charge is 0.417 e. The van der Waals surface area contributed by atoms with Crippen LogP contribution in [0.2, 0.25) is 5.02 Å². The summed E-state index contributed by atoms with van der Waals surface area (Å²) in [5, 5.41) is 2.38. The van der Waals surface area contributed by atoms with Gasteiger partial charge in [0.2, 0.25) is 0 Å². The smallest absolute Gasteiger partial charge is 0.393 e. The quantitative estimate of drug-likeness (QED) is 0.506. The van der Waals surface area contributed by atoms with E-state index >= 15 is 0 Å². The van der Waals surface area contributed by atoms with E-state index in [0.29, 0.717) is 6.20 Å². The number of nitrogen functional groups attached to an aromatic ring is 2. The fourth-order valence-electron chi connectivity index (χ4n) is 1.41. The van der Waals surface area contributed by atoms with E-state index < -0.39 is 11.7 Å². The van der Waals surface area contributed by atoms with Gasteiger partial charge >= 0.3 is 6.18 Å². The Morgan fingerprint density at radius 3 is 2.33 bits per heavy atom. The van der Waals surface area contributed by atoms with Gasteiger partial charge in [0, 0.05) is 6.20 Å². The molecule has 0 unspecified atom stereocenters. The Kier molecular flexibility index (Phi) is 4.00. The Balaban J connectivity index is 2.33. The molecule has 0 saturated heterocycles. The van der Waals surface area contributed by atoms with Gasteiger partial charge in [-0.05, 0) is 6.07 Å². The SMILES string of the molecule is NNc1ncnc(Nc2ncc(C(F)(F)F)cc2Cl)c1N. The summed E-state index contributed by atoms with van der Waals surface area (Å²) in [6.07, 6.45) is -2.72. The molecule has 0 atom stereocenters. The van der Waals surface area contributed by atoms with Crippen LogP contribution in [0.1, 0.15) is 5.56 Å². The number of pyridine rings is 1. The maximum Gasteiger partial charge on any atom is 0.417 e. The fraction of sp³-hybridized carbons (Fsp3) is 0.100. The van der Waals surface area contributed by atoms with Crippen LogP contribution in [0.3, 0.4) is 0 Å². The van der Waals surface area contributed by atoms with Gasteiger partial charge < -0.3 is 16.5 Å². The van der Waals surface area contributed by atoms with Crippen LogP contribution in [-0.4, -0.2) is 15.0 Å². The van der Waals surface area contributed by atoms with Crippen molar-refractivity contribution in [3.05, 3.63) is 29.2 Å². The summed E-state index contributed by atoms with van der Waals surface area (Å²) in [6.45, 7) is 0. The first-order valence-electron chi connectivity index (χ1n) is 5.39. The number of anilines is 4. The minimum atomic E-state index is -4.53. The average Bonchev–Trinajstić information content (AvgIpc) is 2.42. The molecule has 11 heteroatoms. The molecule has 0 aliphatic rings. The minimum absolute atomic E-state index is 0.0296. The Morgan fingerprint density at radius 2 is 1.76 bits per heavy atom. The molecule has 2 aromatic rings. The highest BCUT2D eigenvalue weighted by atomic mass is 35.5. The first-order valence-corrected chi connectivity index (χ1v) is 5.77. The molecule has 0 aliphatic heterocycles. The van der Waals surface area contributed by atoms with Crippen LogP contribution >= 0.6 is 11.6 Å². The predicted molar refractivity (Wildman–Crippen MR) is 71.8 cm³/mol. The van der Waals surface area contributed by atoms with Gasteiger partial charge in [-0.1, -0.05) is 11.6 Å². The molecule has 0 aromatic carbocycles. The molecule has 0 radical (unpaired) electrons. The molecular weight excluding hydrogens is 311 g/mol. The van der Waals surface area contributed by atoms with E-state index in [1.807, 2.05) is 0 Å². The molecule has 2 aromatic heterocycles. The zero-order chi connectivity index (χ0) is 15.6. The van der Waals surface area contributed by atoms with Crippen molar-refractivity contribution in [1.82, 2.24) is 15.0 Å². The van der Waals surface area contributed by atoms with Gasteiger partial charge in [-0.15, -0.1) is 0 Å². The van der Waals surface area contributed by atoms with E-state index in [9.17, 15) is 13.2 Å². The number of halogens is 4. The van der Waals surface area contributed by atoms with Crippen molar-refractivity contribution < 1.29 is 13.2 Å². The summed E-state index contributed by atoms with van der Waals surface area (Å²) in [5.41, 5.74) is 7.06. The number of hydrogen-bond donors (Lipinski definition) is 4. The monoisotopic (exact) mass is 319 g/mol. The van der Waals surface area contributed by atoms with E-state index in [1.165, 1.54) is 0 Å². The third-order valence-electron chi connectivity index (χ3n) is 2.43. The summed E-state index contributed by atoms with van der Waals surface area (Å²) in [4.78, 5) is 11.2. The number of aromatic nitrogens is 3. The third kappa shape index (κ3) is 3.23. The van der Waals surface area contributed by atoms with Gasteiger partial charge in [-0.3, -0.25) is 0 Å². The van der Waals surface area contributed by atoms with Crippen molar-refractivity contribution in [1.29, 1.82) is 0 Å². The molecular formula is C10H9ClF3N7. The lowest BCUT2D eigenvalue weighted by atomic mass is 10.3. The number of hydrazine groups is 1. The van der Waals surface area contributed by atoms with Crippen LogP contribution in [-0.2, 0) is 6.18 Å². The molecule has 0 amide bonds. The van der Waals surface area contributed by atoms with E-state index in [1.54, 1.807) is 0 Å². The number of hydrogen-bond acceptors (Lipinski definition) is 7. The molecule has 2 rings (SSSR count). The lowest BCUT2D eigenvalue weighted by molar-refractivity contribution is -0.137. The number of alkyl halides is 3. The highest BCUT2D eigenvalue weighted by Gasteiger charge is 2.31. The molecule has 2 heterocycles. The van der Waals surface area contributed by atoms with E-state index in [-0.39, 0.29) is 28.2 Å². The summed E-state index contributed by atoms with van der Waals surface area (Å²) in [7, 11) is 0. The Bertz CT molecular complexity index is 662. The summed E-state index contributed by atoms with van der Waals surface area (Å²) < 4.78 is 37.5. The first kappa shape index (κ1) is 15.1. The molecule has 0 bridgehead atoms. The van der Waals surface area contributed by atoms with Crippen molar-refractivity contribution in [2.24, 2.45) is 5.84 Å². The highest BCUT2D eigenvalue weighted by molar-refractivity contribution is 6.33. The molecule has 0 fully saturated rings. The summed E-state index contributed by atoms with van der Waals surface area (Å²) in [6, 6.07) is 0.746. The number of nitrogens with two attached hydrogens (primary N) is 2.